The van der Waals surface area contributed by atoms with Crippen LogP contribution in [0.5, 0.6) is 0 Å². The Kier molecular flexibility index (Phi) is 1.60. The van der Waals surface area contributed by atoms with Crippen LogP contribution in [0, 0.1) is 11.2 Å². The average Bonchev–Trinajstić information content (AvgIpc) is 2.51. The van der Waals surface area contributed by atoms with Crippen LogP contribution in [0.15, 0.2) is 12.7 Å². The van der Waals surface area contributed by atoms with E-state index in [9.17, 15) is 0 Å². The summed E-state index contributed by atoms with van der Waals surface area (Å²) < 4.78 is 1.49. The maximum Gasteiger partial charge on any atom is 0.392 e. The van der Waals surface area contributed by atoms with Gasteiger partial charge in [-0.25, -0.2) is 20.2 Å². The second kappa shape index (κ2) is 2.75. The second-order valence-corrected chi connectivity index (χ2v) is 2.34. The van der Waals surface area contributed by atoms with Crippen molar-refractivity contribution in [3.8, 4) is 5.97 Å². The number of fused-ring (bicyclic) bond motifs is 1. The van der Waals surface area contributed by atoms with Gasteiger partial charge in [-0.1, -0.05) is 0 Å². The van der Waals surface area contributed by atoms with E-state index in [2.05, 4.69) is 15.0 Å². The summed E-state index contributed by atoms with van der Waals surface area (Å²) in [5.41, 5.74) is 6.63. The van der Waals surface area contributed by atoms with Crippen LogP contribution in [-0.2, 0) is 0 Å². The molecule has 7 heteroatoms. The van der Waals surface area contributed by atoms with Crippen molar-refractivity contribution < 1.29 is 0 Å². The Hall–Kier alpha value is -2.10. The normalized spacial score (nSPS) is 9.77. The highest BCUT2D eigenvalue weighted by Crippen LogP contribution is 2.13. The van der Waals surface area contributed by atoms with Crippen molar-refractivity contribution in [1.29, 1.82) is 5.26 Å². The molecule has 0 aliphatic heterocycles. The van der Waals surface area contributed by atoms with Crippen LogP contribution in [0.1, 0.15) is 0 Å². The molecule has 0 amide bonds. The van der Waals surface area contributed by atoms with Crippen molar-refractivity contribution in [2.45, 2.75) is 0 Å². The van der Waals surface area contributed by atoms with Gasteiger partial charge in [0.05, 0.1) is 6.33 Å². The number of nitrogens with zero attached hydrogens (tertiary/aromatic N) is 5. The molecule has 0 bridgehead atoms. The molecular weight excluding hydrogens is 167 g/mol. The third-order valence-electron chi connectivity index (χ3n) is 1.59. The highest BCUT2D eigenvalue weighted by atomic mass is 15.1. The monoisotopic (exact) mass is 171 g/mol. The van der Waals surface area contributed by atoms with E-state index in [1.165, 1.54) is 24.5 Å². The minimum atomic E-state index is 0.314. The van der Waals surface area contributed by atoms with Crippen LogP contribution in [0.25, 0.3) is 11.2 Å². The summed E-state index contributed by atoms with van der Waals surface area (Å²) in [6, 6.07) is 0. The van der Waals surface area contributed by atoms with Crippen molar-refractivity contribution in [2.75, 3.05) is 5.73 Å². The second-order valence-electron chi connectivity index (χ2n) is 2.34. The van der Waals surface area contributed by atoms with Crippen LogP contribution in [-0.4, -0.2) is 26.8 Å². The number of hydrogen-bond acceptors (Lipinski definition) is 5. The molecule has 13 heavy (non-hydrogen) atoms. The maximum absolute atomic E-state index is 8.45. The largest absolute Gasteiger partial charge is 0.392 e. The molecule has 61 valence electrons. The smallest absolute Gasteiger partial charge is 0.382 e. The molecule has 0 aromatic carbocycles. The Labute approximate surface area is 74.3 Å². The molecular formula is C6H4BN6. The van der Waals surface area contributed by atoms with Gasteiger partial charge in [-0.3, -0.25) is 0 Å². The fourth-order valence-electron chi connectivity index (χ4n) is 1.06. The number of imidazole rings is 1. The van der Waals surface area contributed by atoms with Gasteiger partial charge in [0.1, 0.15) is 11.8 Å². The summed E-state index contributed by atoms with van der Waals surface area (Å²) in [5.74, 6) is 2.19. The number of nitrogen functional groups attached to an aromatic ring is 1. The number of nitriles is 1. The predicted molar refractivity (Wildman–Crippen MR) is 46.5 cm³/mol. The van der Waals surface area contributed by atoms with E-state index < -0.39 is 0 Å². The minimum absolute atomic E-state index is 0.314. The molecule has 1 radical (unpaired) electrons. The number of rotatable bonds is 1. The molecule has 2 aromatic rings. The summed E-state index contributed by atoms with van der Waals surface area (Å²) in [4.78, 5) is 11.6. The SMILES string of the molecule is N#C[B]n1cnc2ncnc(N)c21. The van der Waals surface area contributed by atoms with Gasteiger partial charge in [0.25, 0.3) is 0 Å². The van der Waals surface area contributed by atoms with Gasteiger partial charge in [-0.15, -0.1) is 0 Å². The topological polar surface area (TPSA) is 93.4 Å². The fraction of sp³-hybridized carbons (Fsp3) is 0. The molecule has 0 aliphatic rings. The Balaban J connectivity index is 2.73. The van der Waals surface area contributed by atoms with Gasteiger partial charge in [-0.2, -0.15) is 0 Å². The van der Waals surface area contributed by atoms with Crippen LogP contribution < -0.4 is 5.73 Å². The number of hydrogen-bond donors (Lipinski definition) is 1. The first-order valence-corrected chi connectivity index (χ1v) is 3.49. The van der Waals surface area contributed by atoms with Crippen molar-refractivity contribution in [3.63, 3.8) is 0 Å². The zero-order chi connectivity index (χ0) is 9.26. The van der Waals surface area contributed by atoms with E-state index in [0.29, 0.717) is 17.0 Å². The van der Waals surface area contributed by atoms with Gasteiger partial charge < -0.3 is 10.2 Å². The third-order valence-corrected chi connectivity index (χ3v) is 1.59. The Bertz CT molecular complexity index is 483. The van der Waals surface area contributed by atoms with Crippen LogP contribution >= 0.6 is 0 Å². The molecule has 2 N–H and O–H groups in total. The highest BCUT2D eigenvalue weighted by molar-refractivity contribution is 6.44. The molecule has 0 atom stereocenters. The van der Waals surface area contributed by atoms with Crippen molar-refractivity contribution in [1.82, 2.24) is 19.4 Å². The van der Waals surface area contributed by atoms with Gasteiger partial charge >= 0.3 is 7.41 Å². The van der Waals surface area contributed by atoms with Crippen molar-refractivity contribution in [3.05, 3.63) is 12.7 Å². The molecule has 2 aromatic heterocycles. The Morgan fingerprint density at radius 1 is 1.46 bits per heavy atom. The Morgan fingerprint density at radius 2 is 2.31 bits per heavy atom. The first-order valence-electron chi connectivity index (χ1n) is 3.49. The van der Waals surface area contributed by atoms with E-state index in [4.69, 9.17) is 11.0 Å². The van der Waals surface area contributed by atoms with E-state index in [1.807, 2.05) is 5.97 Å². The molecule has 0 saturated carbocycles. The summed E-state index contributed by atoms with van der Waals surface area (Å²) in [7, 11) is 1.29. The van der Waals surface area contributed by atoms with Gasteiger partial charge in [0.15, 0.2) is 11.5 Å². The summed E-state index contributed by atoms with van der Waals surface area (Å²) >= 11 is 0. The zero-order valence-electron chi connectivity index (χ0n) is 6.55. The predicted octanol–water partition coefficient (Wildman–Crippen LogP) is -0.643. The Morgan fingerprint density at radius 3 is 3.08 bits per heavy atom. The van der Waals surface area contributed by atoms with E-state index in [1.54, 1.807) is 0 Å². The third kappa shape index (κ3) is 1.08. The molecule has 0 saturated heterocycles. The first kappa shape index (κ1) is 7.55. The molecule has 0 fully saturated rings. The molecule has 0 spiro atoms. The standard InChI is InChI=1S/C6H4BN6/c8-1-7-13-3-12-6-4(13)5(9)10-2-11-6/h2-3H,(H2,9,10,11). The molecule has 2 heterocycles. The van der Waals surface area contributed by atoms with Crippen LogP contribution in [0.4, 0.5) is 5.82 Å². The molecule has 6 nitrogen and oxygen atoms in total. The lowest BCUT2D eigenvalue weighted by Crippen LogP contribution is -2.04. The molecule has 0 unspecified atom stereocenters. The lowest BCUT2D eigenvalue weighted by Gasteiger charge is -1.97. The van der Waals surface area contributed by atoms with Crippen molar-refractivity contribution in [2.24, 2.45) is 0 Å². The average molecular weight is 171 g/mol. The molecule has 0 aliphatic carbocycles. The summed E-state index contributed by atoms with van der Waals surface area (Å²) in [5, 5.41) is 8.45. The quantitative estimate of drug-likeness (QED) is 0.575. The molecule has 2 rings (SSSR count). The zero-order valence-corrected chi connectivity index (χ0v) is 6.55. The number of aromatic nitrogens is 4. The van der Waals surface area contributed by atoms with E-state index in [0.717, 1.165) is 0 Å². The highest BCUT2D eigenvalue weighted by Gasteiger charge is 2.07. The van der Waals surface area contributed by atoms with Gasteiger partial charge in [-0.05, 0) is 0 Å². The van der Waals surface area contributed by atoms with Crippen LogP contribution in [0.3, 0.4) is 0 Å². The fourth-order valence-corrected chi connectivity index (χ4v) is 1.06. The lowest BCUT2D eigenvalue weighted by atomic mass is 9.98. The van der Waals surface area contributed by atoms with E-state index >= 15 is 0 Å². The number of anilines is 1. The van der Waals surface area contributed by atoms with E-state index in [-0.39, 0.29) is 0 Å². The summed E-state index contributed by atoms with van der Waals surface area (Å²) in [6.45, 7) is 0. The first-order chi connectivity index (χ1) is 6.33. The number of nitrogens with two attached hydrogens (primary N) is 1. The summed E-state index contributed by atoms with van der Waals surface area (Å²) in [6.07, 6.45) is 2.81. The van der Waals surface area contributed by atoms with Crippen LogP contribution in [0.2, 0.25) is 0 Å². The lowest BCUT2D eigenvalue weighted by molar-refractivity contribution is 1.20. The minimum Gasteiger partial charge on any atom is -0.382 e. The van der Waals surface area contributed by atoms with Gasteiger partial charge in [0, 0.05) is 5.97 Å². The van der Waals surface area contributed by atoms with Gasteiger partial charge in [0.2, 0.25) is 0 Å². The maximum atomic E-state index is 8.45. The van der Waals surface area contributed by atoms with Crippen molar-refractivity contribution >= 4 is 24.4 Å².